The number of nitro benzene ring substituents is 1. The fourth-order valence-corrected chi connectivity index (χ4v) is 3.24. The van der Waals surface area contributed by atoms with Gasteiger partial charge in [-0.3, -0.25) is 14.9 Å². The van der Waals surface area contributed by atoms with Crippen molar-refractivity contribution >= 4 is 40.2 Å². The number of hydrogen-bond acceptors (Lipinski definition) is 7. The molecule has 2 N–H and O–H groups in total. The maximum absolute atomic E-state index is 12.3. The van der Waals surface area contributed by atoms with Gasteiger partial charge in [-0.25, -0.2) is 10.2 Å². The molecule has 174 valence electrons. The Kier molecular flexibility index (Phi) is 7.08. The van der Waals surface area contributed by atoms with Gasteiger partial charge < -0.3 is 10.1 Å². The molecule has 0 aliphatic rings. The SMILES string of the molecule is O=C(CNc1ccc2ccccc2c1)N/N=C/c1cccc(OC(=O)c2ccc([N+](=O)[O-])cc2)c1. The Hall–Kier alpha value is -5.05. The van der Waals surface area contributed by atoms with E-state index >= 15 is 0 Å². The van der Waals surface area contributed by atoms with Gasteiger partial charge in [0, 0.05) is 17.8 Å². The summed E-state index contributed by atoms with van der Waals surface area (Å²) >= 11 is 0. The number of non-ortho nitro benzene ring substituents is 1. The highest BCUT2D eigenvalue weighted by Crippen LogP contribution is 2.19. The van der Waals surface area contributed by atoms with Crippen molar-refractivity contribution < 1.29 is 19.2 Å². The third-order valence-corrected chi connectivity index (χ3v) is 4.99. The first-order valence-corrected chi connectivity index (χ1v) is 10.6. The number of fused-ring (bicyclic) bond motifs is 1. The molecule has 0 radical (unpaired) electrons. The molecule has 0 saturated carbocycles. The molecule has 9 nitrogen and oxygen atoms in total. The van der Waals surface area contributed by atoms with Crippen LogP contribution in [0.1, 0.15) is 15.9 Å². The zero-order valence-electron chi connectivity index (χ0n) is 18.4. The largest absolute Gasteiger partial charge is 0.423 e. The molecule has 0 aromatic heterocycles. The van der Waals surface area contributed by atoms with E-state index in [2.05, 4.69) is 15.8 Å². The fourth-order valence-electron chi connectivity index (χ4n) is 3.24. The molecule has 0 fully saturated rings. The molecule has 35 heavy (non-hydrogen) atoms. The second-order valence-electron chi connectivity index (χ2n) is 7.47. The minimum atomic E-state index is -0.651. The Morgan fingerprint density at radius 1 is 0.914 bits per heavy atom. The zero-order chi connectivity index (χ0) is 24.6. The summed E-state index contributed by atoms with van der Waals surface area (Å²) < 4.78 is 5.32. The maximum atomic E-state index is 12.3. The predicted molar refractivity (Wildman–Crippen MR) is 133 cm³/mol. The van der Waals surface area contributed by atoms with Gasteiger partial charge in [-0.2, -0.15) is 5.10 Å². The van der Waals surface area contributed by atoms with Crippen molar-refractivity contribution in [3.05, 3.63) is 112 Å². The van der Waals surface area contributed by atoms with Crippen molar-refractivity contribution in [3.63, 3.8) is 0 Å². The summed E-state index contributed by atoms with van der Waals surface area (Å²) in [5.74, 6) is -0.709. The normalized spacial score (nSPS) is 10.7. The fraction of sp³-hybridized carbons (Fsp3) is 0.0385. The highest BCUT2D eigenvalue weighted by atomic mass is 16.6. The molecule has 9 heteroatoms. The number of ether oxygens (including phenoxy) is 1. The number of anilines is 1. The van der Waals surface area contributed by atoms with Crippen molar-refractivity contribution in [3.8, 4) is 5.75 Å². The van der Waals surface area contributed by atoms with Crippen LogP contribution in [-0.2, 0) is 4.79 Å². The van der Waals surface area contributed by atoms with Crippen molar-refractivity contribution in [2.45, 2.75) is 0 Å². The van der Waals surface area contributed by atoms with E-state index in [1.165, 1.54) is 30.5 Å². The summed E-state index contributed by atoms with van der Waals surface area (Å²) in [5.41, 5.74) is 3.93. The molecule has 0 atom stereocenters. The number of carbonyl (C=O) groups excluding carboxylic acids is 2. The smallest absolute Gasteiger partial charge is 0.343 e. The first-order chi connectivity index (χ1) is 17.0. The monoisotopic (exact) mass is 468 g/mol. The maximum Gasteiger partial charge on any atom is 0.343 e. The number of hydrogen-bond donors (Lipinski definition) is 2. The number of hydrazone groups is 1. The molecule has 0 spiro atoms. The molecule has 4 rings (SSSR count). The lowest BCUT2D eigenvalue weighted by Gasteiger charge is -2.07. The van der Waals surface area contributed by atoms with Crippen molar-refractivity contribution in [1.29, 1.82) is 0 Å². The molecule has 0 aliphatic heterocycles. The Morgan fingerprint density at radius 3 is 2.46 bits per heavy atom. The first kappa shape index (κ1) is 23.1. The second kappa shape index (κ2) is 10.7. The Morgan fingerprint density at radius 2 is 1.69 bits per heavy atom. The van der Waals surface area contributed by atoms with E-state index in [1.807, 2.05) is 42.5 Å². The summed E-state index contributed by atoms with van der Waals surface area (Å²) in [6, 6.07) is 25.5. The highest BCUT2D eigenvalue weighted by Gasteiger charge is 2.11. The van der Waals surface area contributed by atoms with Gasteiger partial charge in [0.25, 0.3) is 11.6 Å². The van der Waals surface area contributed by atoms with E-state index < -0.39 is 10.9 Å². The van der Waals surface area contributed by atoms with Crippen LogP contribution in [0.15, 0.2) is 96.1 Å². The Labute approximate surface area is 200 Å². The van der Waals surface area contributed by atoms with E-state index in [1.54, 1.807) is 24.3 Å². The lowest BCUT2D eigenvalue weighted by Crippen LogP contribution is -2.25. The number of carbonyl (C=O) groups is 2. The van der Waals surface area contributed by atoms with E-state index in [9.17, 15) is 19.7 Å². The average Bonchev–Trinajstić information content (AvgIpc) is 2.87. The molecule has 0 aliphatic carbocycles. The number of nitrogens with zero attached hydrogens (tertiary/aromatic N) is 2. The summed E-state index contributed by atoms with van der Waals surface area (Å²) in [6.45, 7) is 0.0442. The molecule has 1 amide bonds. The highest BCUT2D eigenvalue weighted by molar-refractivity contribution is 5.92. The molecule has 0 heterocycles. The van der Waals surface area contributed by atoms with Gasteiger partial charge in [0.15, 0.2) is 0 Å². The predicted octanol–water partition coefficient (Wildman–Crippen LogP) is 4.53. The molecule has 0 bridgehead atoms. The lowest BCUT2D eigenvalue weighted by atomic mass is 10.1. The van der Waals surface area contributed by atoms with Crippen molar-refractivity contribution in [1.82, 2.24) is 5.43 Å². The summed E-state index contributed by atoms with van der Waals surface area (Å²) in [7, 11) is 0. The third kappa shape index (κ3) is 6.26. The van der Waals surface area contributed by atoms with Gasteiger partial charge in [0.2, 0.25) is 0 Å². The van der Waals surface area contributed by atoms with Crippen LogP contribution in [0, 0.1) is 10.1 Å². The molecule has 4 aromatic rings. The van der Waals surface area contributed by atoms with E-state index in [0.29, 0.717) is 5.56 Å². The summed E-state index contributed by atoms with van der Waals surface area (Å²) in [6.07, 6.45) is 1.43. The van der Waals surface area contributed by atoms with Crippen molar-refractivity contribution in [2.75, 3.05) is 11.9 Å². The second-order valence-corrected chi connectivity index (χ2v) is 7.47. The van der Waals surface area contributed by atoms with Crippen LogP contribution in [0.5, 0.6) is 5.75 Å². The van der Waals surface area contributed by atoms with Gasteiger partial charge in [0.05, 0.1) is 23.2 Å². The van der Waals surface area contributed by atoms with Crippen molar-refractivity contribution in [2.24, 2.45) is 5.10 Å². The van der Waals surface area contributed by atoms with Gasteiger partial charge in [0.1, 0.15) is 5.75 Å². The quantitative estimate of drug-likeness (QED) is 0.129. The van der Waals surface area contributed by atoms with Gasteiger partial charge >= 0.3 is 5.97 Å². The first-order valence-electron chi connectivity index (χ1n) is 10.6. The Balaban J connectivity index is 1.29. The standard InChI is InChI=1S/C26H20N4O5/c31-25(17-27-22-11-8-19-5-1-2-6-21(19)15-22)29-28-16-18-4-3-7-24(14-18)35-26(32)20-9-12-23(13-10-20)30(33)34/h1-16,27H,17H2,(H,29,31)/b28-16+. The lowest BCUT2D eigenvalue weighted by molar-refractivity contribution is -0.384. The number of esters is 1. The van der Waals surface area contributed by atoms with Crippen LogP contribution in [0.3, 0.4) is 0 Å². The van der Waals surface area contributed by atoms with Crippen LogP contribution >= 0.6 is 0 Å². The summed E-state index contributed by atoms with van der Waals surface area (Å²) in [5, 5.41) is 19.9. The van der Waals surface area contributed by atoms with E-state index in [4.69, 9.17) is 4.74 Å². The van der Waals surface area contributed by atoms with Crippen LogP contribution in [0.25, 0.3) is 10.8 Å². The summed E-state index contributed by atoms with van der Waals surface area (Å²) in [4.78, 5) is 34.6. The van der Waals surface area contributed by atoms with Gasteiger partial charge in [-0.15, -0.1) is 0 Å². The molecule has 0 saturated heterocycles. The van der Waals surface area contributed by atoms with Gasteiger partial charge in [-0.05, 0) is 52.7 Å². The topological polar surface area (TPSA) is 123 Å². The molecule has 0 unspecified atom stereocenters. The molecule has 4 aromatic carbocycles. The minimum absolute atomic E-state index is 0.0442. The minimum Gasteiger partial charge on any atom is -0.423 e. The number of nitrogens with one attached hydrogen (secondary N) is 2. The number of nitro groups is 1. The van der Waals surface area contributed by atoms with E-state index in [0.717, 1.165) is 16.5 Å². The number of benzene rings is 4. The van der Waals surface area contributed by atoms with Gasteiger partial charge in [-0.1, -0.05) is 42.5 Å². The van der Waals surface area contributed by atoms with Crippen LogP contribution in [-0.4, -0.2) is 29.6 Å². The Bertz CT molecular complexity index is 1420. The van der Waals surface area contributed by atoms with Crippen LogP contribution in [0.2, 0.25) is 0 Å². The third-order valence-electron chi connectivity index (χ3n) is 4.99. The van der Waals surface area contributed by atoms with E-state index in [-0.39, 0.29) is 29.5 Å². The number of amides is 1. The molecular weight excluding hydrogens is 448 g/mol. The van der Waals surface area contributed by atoms with Crippen LogP contribution < -0.4 is 15.5 Å². The molecular formula is C26H20N4O5. The number of rotatable bonds is 8. The average molecular weight is 468 g/mol. The zero-order valence-corrected chi connectivity index (χ0v) is 18.4. The van der Waals surface area contributed by atoms with Crippen LogP contribution in [0.4, 0.5) is 11.4 Å².